The Balaban J connectivity index is 1.37. The van der Waals surface area contributed by atoms with Gasteiger partial charge in [0, 0.05) is 17.1 Å². The van der Waals surface area contributed by atoms with Gasteiger partial charge in [-0.3, -0.25) is 4.79 Å². The van der Waals surface area contributed by atoms with Crippen LogP contribution in [0.4, 0.5) is 21.6 Å². The van der Waals surface area contributed by atoms with Gasteiger partial charge >= 0.3 is 0 Å². The van der Waals surface area contributed by atoms with Gasteiger partial charge in [-0.2, -0.15) is 0 Å². The summed E-state index contributed by atoms with van der Waals surface area (Å²) in [5.74, 6) is 0.832. The van der Waals surface area contributed by atoms with Gasteiger partial charge in [0.1, 0.15) is 23.7 Å². The van der Waals surface area contributed by atoms with Crippen LogP contribution < -0.4 is 15.4 Å². The summed E-state index contributed by atoms with van der Waals surface area (Å²) in [7, 11) is 2.19. The van der Waals surface area contributed by atoms with Crippen molar-refractivity contribution in [3.05, 3.63) is 59.7 Å². The highest BCUT2D eigenvalue weighted by molar-refractivity contribution is 6.31. The van der Waals surface area contributed by atoms with E-state index >= 15 is 0 Å². The Morgan fingerprint density at radius 1 is 1.24 bits per heavy atom. The molecule has 1 aliphatic heterocycles. The van der Waals surface area contributed by atoms with Crippen LogP contribution in [-0.4, -0.2) is 47.5 Å². The summed E-state index contributed by atoms with van der Waals surface area (Å²) in [6.07, 6.45) is 9.48. The van der Waals surface area contributed by atoms with Gasteiger partial charge in [0.25, 0.3) is 0 Å². The maximum absolute atomic E-state index is 13.6. The van der Waals surface area contributed by atoms with Crippen molar-refractivity contribution in [3.63, 3.8) is 0 Å². The first-order valence-corrected chi connectivity index (χ1v) is 13.0. The molecule has 1 aromatic heterocycles. The predicted molar refractivity (Wildman–Crippen MR) is 145 cm³/mol. The maximum Gasteiger partial charge on any atom is 0.248 e. The van der Waals surface area contributed by atoms with Gasteiger partial charge in [-0.25, -0.2) is 14.4 Å². The van der Waals surface area contributed by atoms with Crippen LogP contribution in [0.1, 0.15) is 32.6 Å². The number of aromatic nitrogens is 2. The zero-order valence-corrected chi connectivity index (χ0v) is 21.8. The first-order chi connectivity index (χ1) is 17.8. The highest BCUT2D eigenvalue weighted by Crippen LogP contribution is 2.52. The van der Waals surface area contributed by atoms with E-state index in [0.717, 1.165) is 0 Å². The lowest BCUT2D eigenvalue weighted by molar-refractivity contribution is -0.111. The number of fused-ring (bicyclic) bond motifs is 1. The maximum atomic E-state index is 13.6. The molecule has 7 nitrogen and oxygen atoms in total. The SMILES string of the molecule is CC=CC(=O)Nc1cc2c(Nc3ccc(F)c(Cl)c3)ncnc2cc1OCC1CC2(CCN(C)CC2)C1. The molecular formula is C28H31ClFN5O2. The molecule has 5 rings (SSSR count). The van der Waals surface area contributed by atoms with Crippen LogP contribution in [0, 0.1) is 17.2 Å². The summed E-state index contributed by atoms with van der Waals surface area (Å²) < 4.78 is 19.9. The molecule has 2 aromatic carbocycles. The molecule has 1 aliphatic carbocycles. The zero-order chi connectivity index (χ0) is 26.0. The Bertz CT molecular complexity index is 1330. The van der Waals surface area contributed by atoms with Crippen molar-refractivity contribution in [1.29, 1.82) is 0 Å². The molecule has 37 heavy (non-hydrogen) atoms. The lowest BCUT2D eigenvalue weighted by atomic mass is 9.58. The number of allylic oxidation sites excluding steroid dienone is 1. The molecule has 2 aliphatic rings. The van der Waals surface area contributed by atoms with E-state index in [2.05, 4.69) is 32.5 Å². The number of benzene rings is 2. The van der Waals surface area contributed by atoms with E-state index in [1.807, 2.05) is 6.07 Å². The van der Waals surface area contributed by atoms with E-state index in [9.17, 15) is 9.18 Å². The summed E-state index contributed by atoms with van der Waals surface area (Å²) in [5, 5.41) is 6.78. The minimum atomic E-state index is -0.497. The Morgan fingerprint density at radius 3 is 2.76 bits per heavy atom. The summed E-state index contributed by atoms with van der Waals surface area (Å²) >= 11 is 5.94. The molecule has 1 saturated heterocycles. The van der Waals surface area contributed by atoms with Crippen molar-refractivity contribution < 1.29 is 13.9 Å². The highest BCUT2D eigenvalue weighted by atomic mass is 35.5. The average molecular weight is 524 g/mol. The first-order valence-electron chi connectivity index (χ1n) is 12.6. The Kier molecular flexibility index (Phi) is 7.31. The summed E-state index contributed by atoms with van der Waals surface area (Å²) in [6, 6.07) is 8.00. The van der Waals surface area contributed by atoms with Crippen molar-refractivity contribution in [2.75, 3.05) is 37.4 Å². The molecule has 9 heteroatoms. The molecule has 1 amide bonds. The molecule has 2 N–H and O–H groups in total. The van der Waals surface area contributed by atoms with Crippen molar-refractivity contribution in [2.45, 2.75) is 32.6 Å². The van der Waals surface area contributed by atoms with Crippen LogP contribution in [0.3, 0.4) is 0 Å². The lowest BCUT2D eigenvalue weighted by Crippen LogP contribution is -2.47. The van der Waals surface area contributed by atoms with Crippen molar-refractivity contribution in [1.82, 2.24) is 14.9 Å². The van der Waals surface area contributed by atoms with Crippen LogP contribution in [-0.2, 0) is 4.79 Å². The number of nitrogens with one attached hydrogen (secondary N) is 2. The topological polar surface area (TPSA) is 79.4 Å². The van der Waals surface area contributed by atoms with E-state index < -0.39 is 5.82 Å². The minimum Gasteiger partial charge on any atom is -0.491 e. The summed E-state index contributed by atoms with van der Waals surface area (Å²) in [4.78, 5) is 23.6. The standard InChI is InChI=1S/C28H31ClFN5O2/c1-3-4-26(36)34-24-12-20-23(31-17-32-27(20)33-19-5-6-22(30)21(29)11-19)13-25(24)37-16-18-14-28(15-18)7-9-35(2)10-8-28/h3-6,11-13,17-18H,7-10,14-16H2,1-2H3,(H,34,36)(H,31,32,33). The second-order valence-corrected chi connectivity index (χ2v) is 10.6. The molecule has 2 fully saturated rings. The fourth-order valence-electron chi connectivity index (χ4n) is 5.43. The van der Waals surface area contributed by atoms with Gasteiger partial charge < -0.3 is 20.3 Å². The van der Waals surface area contributed by atoms with E-state index in [0.29, 0.717) is 51.8 Å². The molecule has 2 heterocycles. The fourth-order valence-corrected chi connectivity index (χ4v) is 5.61. The van der Waals surface area contributed by atoms with Gasteiger partial charge in [0.2, 0.25) is 5.91 Å². The van der Waals surface area contributed by atoms with Crippen LogP contribution in [0.25, 0.3) is 10.9 Å². The lowest BCUT2D eigenvalue weighted by Gasteiger charge is -2.51. The quantitative estimate of drug-likeness (QED) is 0.360. The summed E-state index contributed by atoms with van der Waals surface area (Å²) in [6.45, 7) is 4.72. The first kappa shape index (κ1) is 25.4. The molecule has 0 atom stereocenters. The number of halogens is 2. The third kappa shape index (κ3) is 5.70. The fraction of sp³-hybridized carbons (Fsp3) is 0.393. The van der Waals surface area contributed by atoms with E-state index in [1.165, 1.54) is 63.3 Å². The molecule has 1 saturated carbocycles. The highest BCUT2D eigenvalue weighted by Gasteiger charge is 2.45. The van der Waals surface area contributed by atoms with Gasteiger partial charge in [-0.05, 0) is 94.4 Å². The number of nitrogens with zero attached hydrogens (tertiary/aromatic N) is 3. The second-order valence-electron chi connectivity index (χ2n) is 10.2. The van der Waals surface area contributed by atoms with E-state index in [-0.39, 0.29) is 10.9 Å². The number of likely N-dealkylation sites (tertiary alicyclic amines) is 1. The van der Waals surface area contributed by atoms with E-state index in [4.69, 9.17) is 16.3 Å². The average Bonchev–Trinajstić information content (AvgIpc) is 2.85. The number of anilines is 3. The van der Waals surface area contributed by atoms with Crippen LogP contribution >= 0.6 is 11.6 Å². The number of hydrogen-bond acceptors (Lipinski definition) is 6. The normalized spacial score (nSPS) is 17.7. The molecule has 0 bridgehead atoms. The summed E-state index contributed by atoms with van der Waals surface area (Å²) in [5.41, 5.74) is 2.26. The second kappa shape index (κ2) is 10.6. The van der Waals surface area contributed by atoms with Gasteiger partial charge in [0.15, 0.2) is 0 Å². The Hall–Kier alpha value is -3.23. The number of carbonyl (C=O) groups excluding carboxylic acids is 1. The number of piperidine rings is 1. The van der Waals surface area contributed by atoms with E-state index in [1.54, 1.807) is 25.1 Å². The monoisotopic (exact) mass is 523 g/mol. The smallest absolute Gasteiger partial charge is 0.248 e. The number of hydrogen-bond donors (Lipinski definition) is 2. The zero-order valence-electron chi connectivity index (χ0n) is 21.1. The number of amides is 1. The van der Waals surface area contributed by atoms with Crippen LogP contribution in [0.2, 0.25) is 5.02 Å². The number of rotatable bonds is 7. The van der Waals surface area contributed by atoms with Gasteiger partial charge in [-0.1, -0.05) is 17.7 Å². The molecular weight excluding hydrogens is 493 g/mol. The van der Waals surface area contributed by atoms with Crippen molar-refractivity contribution >= 4 is 45.6 Å². The number of ether oxygens (including phenoxy) is 1. The molecule has 0 radical (unpaired) electrons. The largest absolute Gasteiger partial charge is 0.491 e. The van der Waals surface area contributed by atoms with Crippen molar-refractivity contribution in [3.8, 4) is 5.75 Å². The number of carbonyl (C=O) groups is 1. The van der Waals surface area contributed by atoms with Gasteiger partial charge in [0.05, 0.1) is 22.8 Å². The third-order valence-corrected chi connectivity index (χ3v) is 7.75. The predicted octanol–water partition coefficient (Wildman–Crippen LogP) is 6.18. The molecule has 0 unspecified atom stereocenters. The Morgan fingerprint density at radius 2 is 2.03 bits per heavy atom. The van der Waals surface area contributed by atoms with Crippen molar-refractivity contribution in [2.24, 2.45) is 11.3 Å². The van der Waals surface area contributed by atoms with Crippen LogP contribution in [0.5, 0.6) is 5.75 Å². The molecule has 194 valence electrons. The molecule has 1 spiro atoms. The Labute approximate surface area is 221 Å². The van der Waals surface area contributed by atoms with Crippen LogP contribution in [0.15, 0.2) is 48.8 Å². The minimum absolute atomic E-state index is 0.0105. The van der Waals surface area contributed by atoms with Gasteiger partial charge in [-0.15, -0.1) is 0 Å². The third-order valence-electron chi connectivity index (χ3n) is 7.46. The molecule has 3 aromatic rings.